The fourth-order valence-electron chi connectivity index (χ4n) is 2.03. The number of nitrogens with one attached hydrogen (secondary N) is 1. The number of aromatic carboxylic acids is 1. The predicted octanol–water partition coefficient (Wildman–Crippen LogP) is 5.22. The van der Waals surface area contributed by atoms with E-state index in [0.29, 0.717) is 4.47 Å². The first-order valence-electron chi connectivity index (χ1n) is 6.17. The highest BCUT2D eigenvalue weighted by Gasteiger charge is 2.32. The summed E-state index contributed by atoms with van der Waals surface area (Å²) < 4.78 is 39.3. The first kappa shape index (κ1) is 16.4. The average molecular weight is 374 g/mol. The molecule has 0 saturated heterocycles. The van der Waals surface area contributed by atoms with Gasteiger partial charge in [-0.1, -0.05) is 22.0 Å². The van der Waals surface area contributed by atoms with Crippen molar-refractivity contribution in [2.75, 3.05) is 5.32 Å². The normalized spacial score (nSPS) is 11.3. The van der Waals surface area contributed by atoms with Crippen molar-refractivity contribution in [2.24, 2.45) is 0 Å². The van der Waals surface area contributed by atoms with Crippen molar-refractivity contribution in [2.45, 2.75) is 13.1 Å². The second-order valence-corrected chi connectivity index (χ2v) is 5.51. The SMILES string of the molecule is Cc1c(Nc2ccc(Br)cc2C(=O)O)cccc1C(F)(F)F. The van der Waals surface area contributed by atoms with Gasteiger partial charge in [0.05, 0.1) is 16.8 Å². The third-order valence-corrected chi connectivity index (χ3v) is 3.61. The van der Waals surface area contributed by atoms with Crippen LogP contribution in [0.5, 0.6) is 0 Å². The number of benzene rings is 2. The van der Waals surface area contributed by atoms with Crippen molar-refractivity contribution in [3.63, 3.8) is 0 Å². The summed E-state index contributed by atoms with van der Waals surface area (Å²) in [6.45, 7) is 1.34. The summed E-state index contributed by atoms with van der Waals surface area (Å²) in [5.74, 6) is -1.17. The monoisotopic (exact) mass is 373 g/mol. The van der Waals surface area contributed by atoms with Crippen molar-refractivity contribution >= 4 is 33.3 Å². The van der Waals surface area contributed by atoms with Crippen molar-refractivity contribution in [3.05, 3.63) is 57.6 Å². The van der Waals surface area contributed by atoms with Gasteiger partial charge in [0.1, 0.15) is 0 Å². The summed E-state index contributed by atoms with van der Waals surface area (Å²) in [5.41, 5.74) is -0.357. The fraction of sp³-hybridized carbons (Fsp3) is 0.133. The van der Waals surface area contributed by atoms with Gasteiger partial charge in [0, 0.05) is 10.2 Å². The standard InChI is InChI=1S/C15H11BrF3NO2/c1-8-11(15(17,18)19)3-2-4-12(8)20-13-6-5-9(16)7-10(13)14(21)22/h2-7,20H,1H3,(H,21,22). The number of hydrogen-bond donors (Lipinski definition) is 2. The lowest BCUT2D eigenvalue weighted by molar-refractivity contribution is -0.138. The molecular weight excluding hydrogens is 363 g/mol. The minimum atomic E-state index is -4.46. The Balaban J connectivity index is 2.47. The number of carbonyl (C=O) groups is 1. The molecular formula is C15H11BrF3NO2. The van der Waals surface area contributed by atoms with Gasteiger partial charge < -0.3 is 10.4 Å². The highest BCUT2D eigenvalue weighted by atomic mass is 79.9. The van der Waals surface area contributed by atoms with Crippen LogP contribution in [0, 0.1) is 6.92 Å². The molecule has 0 atom stereocenters. The molecule has 0 bridgehead atoms. The minimum absolute atomic E-state index is 0.00857. The average Bonchev–Trinajstić information content (AvgIpc) is 2.41. The summed E-state index contributed by atoms with van der Waals surface area (Å²) >= 11 is 3.16. The second-order valence-electron chi connectivity index (χ2n) is 4.60. The van der Waals surface area contributed by atoms with Crippen LogP contribution in [-0.2, 0) is 6.18 Å². The van der Waals surface area contributed by atoms with Gasteiger partial charge in [0.15, 0.2) is 0 Å². The minimum Gasteiger partial charge on any atom is -0.478 e. The maximum Gasteiger partial charge on any atom is 0.416 e. The van der Waals surface area contributed by atoms with E-state index in [1.54, 1.807) is 6.07 Å². The molecule has 0 heterocycles. The van der Waals surface area contributed by atoms with Crippen LogP contribution < -0.4 is 5.32 Å². The lowest BCUT2D eigenvalue weighted by Gasteiger charge is -2.16. The van der Waals surface area contributed by atoms with E-state index in [9.17, 15) is 23.1 Å². The number of alkyl halides is 3. The Kier molecular flexibility index (Phi) is 4.46. The fourth-order valence-corrected chi connectivity index (χ4v) is 2.39. The Labute approximate surface area is 132 Å². The van der Waals surface area contributed by atoms with E-state index in [1.165, 1.54) is 31.2 Å². The van der Waals surface area contributed by atoms with E-state index in [0.717, 1.165) is 6.07 Å². The third kappa shape index (κ3) is 3.41. The molecule has 22 heavy (non-hydrogen) atoms. The highest BCUT2D eigenvalue weighted by Crippen LogP contribution is 2.36. The molecule has 0 aliphatic rings. The molecule has 0 unspecified atom stereocenters. The van der Waals surface area contributed by atoms with E-state index < -0.39 is 17.7 Å². The van der Waals surface area contributed by atoms with Gasteiger partial charge in [-0.05, 0) is 42.8 Å². The van der Waals surface area contributed by atoms with E-state index in [1.807, 2.05) is 0 Å². The Morgan fingerprint density at radius 3 is 2.45 bits per heavy atom. The first-order valence-corrected chi connectivity index (χ1v) is 6.96. The van der Waals surface area contributed by atoms with E-state index >= 15 is 0 Å². The molecule has 0 fully saturated rings. The van der Waals surface area contributed by atoms with Crippen LogP contribution in [0.15, 0.2) is 40.9 Å². The molecule has 2 rings (SSSR count). The van der Waals surface area contributed by atoms with Crippen LogP contribution in [0.25, 0.3) is 0 Å². The van der Waals surface area contributed by atoms with Gasteiger partial charge in [-0.25, -0.2) is 4.79 Å². The first-order chi connectivity index (χ1) is 10.2. The molecule has 2 aromatic carbocycles. The van der Waals surface area contributed by atoms with Crippen LogP contribution in [0.4, 0.5) is 24.5 Å². The zero-order valence-corrected chi connectivity index (χ0v) is 12.9. The summed E-state index contributed by atoms with van der Waals surface area (Å²) in [6, 6.07) is 8.22. The lowest BCUT2D eigenvalue weighted by Crippen LogP contribution is -2.09. The largest absolute Gasteiger partial charge is 0.478 e. The molecule has 116 valence electrons. The Morgan fingerprint density at radius 2 is 1.86 bits per heavy atom. The molecule has 2 N–H and O–H groups in total. The summed E-state index contributed by atoms with van der Waals surface area (Å²) in [4.78, 5) is 11.2. The molecule has 0 aliphatic heterocycles. The summed E-state index contributed by atoms with van der Waals surface area (Å²) in [5, 5.41) is 11.9. The van der Waals surface area contributed by atoms with Crippen LogP contribution in [0.3, 0.4) is 0 Å². The van der Waals surface area contributed by atoms with E-state index in [-0.39, 0.29) is 22.5 Å². The number of halogens is 4. The second kappa shape index (κ2) is 6.00. The smallest absolute Gasteiger partial charge is 0.416 e. The van der Waals surface area contributed by atoms with Gasteiger partial charge >= 0.3 is 12.1 Å². The molecule has 0 saturated carbocycles. The van der Waals surface area contributed by atoms with Crippen molar-refractivity contribution in [3.8, 4) is 0 Å². The zero-order valence-electron chi connectivity index (χ0n) is 11.3. The lowest BCUT2D eigenvalue weighted by atomic mass is 10.1. The van der Waals surface area contributed by atoms with Gasteiger partial charge in [0.25, 0.3) is 0 Å². The predicted molar refractivity (Wildman–Crippen MR) is 80.6 cm³/mol. The number of carboxylic acid groups (broad SMARTS) is 1. The maximum absolute atomic E-state index is 12.9. The van der Waals surface area contributed by atoms with Gasteiger partial charge in [-0.2, -0.15) is 13.2 Å². The molecule has 2 aromatic rings. The van der Waals surface area contributed by atoms with Crippen LogP contribution in [0.1, 0.15) is 21.5 Å². The van der Waals surface area contributed by atoms with Gasteiger partial charge in [0.2, 0.25) is 0 Å². The van der Waals surface area contributed by atoms with Crippen molar-refractivity contribution in [1.82, 2.24) is 0 Å². The third-order valence-electron chi connectivity index (χ3n) is 3.12. The number of hydrogen-bond acceptors (Lipinski definition) is 2. The van der Waals surface area contributed by atoms with Gasteiger partial charge in [-0.3, -0.25) is 0 Å². The van der Waals surface area contributed by atoms with E-state index in [4.69, 9.17) is 0 Å². The Morgan fingerprint density at radius 1 is 1.18 bits per heavy atom. The molecule has 3 nitrogen and oxygen atoms in total. The zero-order chi connectivity index (χ0) is 16.5. The topological polar surface area (TPSA) is 49.3 Å². The van der Waals surface area contributed by atoms with Crippen molar-refractivity contribution < 1.29 is 23.1 Å². The van der Waals surface area contributed by atoms with Crippen LogP contribution in [-0.4, -0.2) is 11.1 Å². The molecule has 0 spiro atoms. The van der Waals surface area contributed by atoms with Crippen LogP contribution in [0.2, 0.25) is 0 Å². The van der Waals surface area contributed by atoms with Crippen LogP contribution >= 0.6 is 15.9 Å². The molecule has 0 amide bonds. The number of carboxylic acids is 1. The van der Waals surface area contributed by atoms with Gasteiger partial charge in [-0.15, -0.1) is 0 Å². The highest BCUT2D eigenvalue weighted by molar-refractivity contribution is 9.10. The quantitative estimate of drug-likeness (QED) is 0.775. The molecule has 0 radical (unpaired) electrons. The number of rotatable bonds is 3. The molecule has 0 aromatic heterocycles. The maximum atomic E-state index is 12.9. The van der Waals surface area contributed by atoms with Crippen molar-refractivity contribution in [1.29, 1.82) is 0 Å². The Hall–Kier alpha value is -2.02. The molecule has 7 heteroatoms. The number of anilines is 2. The van der Waals surface area contributed by atoms with E-state index in [2.05, 4.69) is 21.2 Å². The molecule has 0 aliphatic carbocycles. The summed E-state index contributed by atoms with van der Waals surface area (Å²) in [6.07, 6.45) is -4.46. The Bertz CT molecular complexity index is 729. The summed E-state index contributed by atoms with van der Waals surface area (Å²) in [7, 11) is 0.